The SMILES string of the molecule is CCC1CN(Cc2cccs2)CCC1=O. The molecule has 0 N–H and O–H groups in total. The van der Waals surface area contributed by atoms with E-state index in [1.807, 2.05) is 0 Å². The molecule has 15 heavy (non-hydrogen) atoms. The topological polar surface area (TPSA) is 20.3 Å². The fourth-order valence-electron chi connectivity index (χ4n) is 2.10. The van der Waals surface area contributed by atoms with E-state index >= 15 is 0 Å². The number of carbonyl (C=O) groups excluding carboxylic acids is 1. The summed E-state index contributed by atoms with van der Waals surface area (Å²) < 4.78 is 0. The smallest absolute Gasteiger partial charge is 0.138 e. The molecule has 0 radical (unpaired) electrons. The summed E-state index contributed by atoms with van der Waals surface area (Å²) in [5, 5.41) is 2.11. The molecule has 0 amide bonds. The van der Waals surface area contributed by atoms with Gasteiger partial charge >= 0.3 is 0 Å². The van der Waals surface area contributed by atoms with Crippen LogP contribution >= 0.6 is 11.3 Å². The highest BCUT2D eigenvalue weighted by Crippen LogP contribution is 2.19. The first-order valence-electron chi connectivity index (χ1n) is 5.57. The van der Waals surface area contributed by atoms with Crippen LogP contribution in [0.25, 0.3) is 0 Å². The van der Waals surface area contributed by atoms with E-state index < -0.39 is 0 Å². The van der Waals surface area contributed by atoms with Gasteiger partial charge in [-0.3, -0.25) is 9.69 Å². The molecule has 82 valence electrons. The van der Waals surface area contributed by atoms with E-state index in [2.05, 4.69) is 29.3 Å². The molecule has 0 saturated carbocycles. The maximum absolute atomic E-state index is 11.5. The molecule has 1 saturated heterocycles. The van der Waals surface area contributed by atoms with Gasteiger partial charge < -0.3 is 0 Å². The van der Waals surface area contributed by atoms with Gasteiger partial charge in [0, 0.05) is 36.9 Å². The molecule has 0 bridgehead atoms. The van der Waals surface area contributed by atoms with Crippen molar-refractivity contribution in [3.63, 3.8) is 0 Å². The molecule has 1 aromatic rings. The third-order valence-corrected chi connectivity index (χ3v) is 3.92. The predicted molar refractivity (Wildman–Crippen MR) is 63.0 cm³/mol. The lowest BCUT2D eigenvalue weighted by Crippen LogP contribution is -2.39. The van der Waals surface area contributed by atoms with Crippen LogP contribution in [0.4, 0.5) is 0 Å². The lowest BCUT2D eigenvalue weighted by molar-refractivity contribution is -0.126. The normalized spacial score (nSPS) is 23.3. The van der Waals surface area contributed by atoms with Crippen LogP contribution in [0.5, 0.6) is 0 Å². The van der Waals surface area contributed by atoms with Gasteiger partial charge in [-0.1, -0.05) is 13.0 Å². The minimum absolute atomic E-state index is 0.277. The number of thiophene rings is 1. The maximum atomic E-state index is 11.5. The molecule has 1 aliphatic heterocycles. The Kier molecular flexibility index (Phi) is 3.54. The molecule has 2 heterocycles. The molecular weight excluding hydrogens is 206 g/mol. The van der Waals surface area contributed by atoms with E-state index in [1.165, 1.54) is 4.88 Å². The summed E-state index contributed by atoms with van der Waals surface area (Å²) in [7, 11) is 0. The van der Waals surface area contributed by atoms with Gasteiger partial charge in [-0.2, -0.15) is 0 Å². The third-order valence-electron chi connectivity index (χ3n) is 3.06. The summed E-state index contributed by atoms with van der Waals surface area (Å²) in [6.07, 6.45) is 1.73. The van der Waals surface area contributed by atoms with Crippen molar-refractivity contribution in [1.29, 1.82) is 0 Å². The zero-order chi connectivity index (χ0) is 10.7. The number of nitrogens with zero attached hydrogens (tertiary/aromatic N) is 1. The van der Waals surface area contributed by atoms with E-state index in [0.717, 1.165) is 32.5 Å². The summed E-state index contributed by atoms with van der Waals surface area (Å²) in [5.41, 5.74) is 0. The molecule has 2 nitrogen and oxygen atoms in total. The van der Waals surface area contributed by atoms with E-state index in [-0.39, 0.29) is 5.92 Å². The average molecular weight is 223 g/mol. The summed E-state index contributed by atoms with van der Waals surface area (Å²) in [6.45, 7) is 5.01. The van der Waals surface area contributed by atoms with Crippen LogP contribution in [-0.4, -0.2) is 23.8 Å². The van der Waals surface area contributed by atoms with Gasteiger partial charge in [0.05, 0.1) is 0 Å². The van der Waals surface area contributed by atoms with Crippen molar-refractivity contribution in [3.8, 4) is 0 Å². The van der Waals surface area contributed by atoms with E-state index in [1.54, 1.807) is 11.3 Å². The number of hydrogen-bond acceptors (Lipinski definition) is 3. The fourth-order valence-corrected chi connectivity index (χ4v) is 2.85. The average Bonchev–Trinajstić information content (AvgIpc) is 2.73. The highest BCUT2D eigenvalue weighted by atomic mass is 32.1. The van der Waals surface area contributed by atoms with Gasteiger partial charge in [-0.15, -0.1) is 11.3 Å². The number of Topliss-reactive ketones (excluding diaryl/α,β-unsaturated/α-hetero) is 1. The minimum atomic E-state index is 0.277. The highest BCUT2D eigenvalue weighted by Gasteiger charge is 2.25. The molecule has 0 spiro atoms. The van der Waals surface area contributed by atoms with Crippen molar-refractivity contribution in [3.05, 3.63) is 22.4 Å². The van der Waals surface area contributed by atoms with Gasteiger partial charge in [0.25, 0.3) is 0 Å². The van der Waals surface area contributed by atoms with E-state index in [0.29, 0.717) is 5.78 Å². The van der Waals surface area contributed by atoms with Crippen LogP contribution in [0.15, 0.2) is 17.5 Å². The number of piperidine rings is 1. The van der Waals surface area contributed by atoms with Crippen LogP contribution in [0.2, 0.25) is 0 Å². The standard InChI is InChI=1S/C12H17NOS/c1-2-10-8-13(6-5-12(10)14)9-11-4-3-7-15-11/h3-4,7,10H,2,5-6,8-9H2,1H3. The van der Waals surface area contributed by atoms with Crippen molar-refractivity contribution in [1.82, 2.24) is 4.90 Å². The molecule has 1 fully saturated rings. The second-order valence-electron chi connectivity index (χ2n) is 4.14. The number of carbonyl (C=O) groups is 1. The molecule has 0 aliphatic carbocycles. The van der Waals surface area contributed by atoms with Crippen molar-refractivity contribution in [2.24, 2.45) is 5.92 Å². The van der Waals surface area contributed by atoms with Gasteiger partial charge in [0.15, 0.2) is 0 Å². The Morgan fingerprint density at radius 1 is 1.60 bits per heavy atom. The molecule has 1 unspecified atom stereocenters. The Hall–Kier alpha value is -0.670. The van der Waals surface area contributed by atoms with Crippen LogP contribution in [-0.2, 0) is 11.3 Å². The van der Waals surface area contributed by atoms with Crippen LogP contribution in [0.1, 0.15) is 24.6 Å². The molecule has 1 aromatic heterocycles. The number of hydrogen-bond donors (Lipinski definition) is 0. The number of likely N-dealkylation sites (tertiary alicyclic amines) is 1. The molecular formula is C12H17NOS. The Balaban J connectivity index is 1.92. The van der Waals surface area contributed by atoms with Crippen molar-refractivity contribution >= 4 is 17.1 Å². The van der Waals surface area contributed by atoms with Gasteiger partial charge in [0.2, 0.25) is 0 Å². The lowest BCUT2D eigenvalue weighted by atomic mass is 9.94. The second kappa shape index (κ2) is 4.90. The Morgan fingerprint density at radius 2 is 2.47 bits per heavy atom. The fraction of sp³-hybridized carbons (Fsp3) is 0.583. The Bertz CT molecular complexity index is 320. The Morgan fingerprint density at radius 3 is 3.13 bits per heavy atom. The lowest BCUT2D eigenvalue weighted by Gasteiger charge is -2.30. The molecule has 0 aromatic carbocycles. The third kappa shape index (κ3) is 2.67. The summed E-state index contributed by atoms with van der Waals surface area (Å²) in [6, 6.07) is 4.26. The van der Waals surface area contributed by atoms with Gasteiger partial charge in [0.1, 0.15) is 5.78 Å². The van der Waals surface area contributed by atoms with Crippen molar-refractivity contribution in [2.45, 2.75) is 26.3 Å². The monoisotopic (exact) mass is 223 g/mol. The second-order valence-corrected chi connectivity index (χ2v) is 5.17. The first-order chi connectivity index (χ1) is 7.29. The van der Waals surface area contributed by atoms with Crippen LogP contribution in [0.3, 0.4) is 0 Å². The largest absolute Gasteiger partial charge is 0.299 e. The van der Waals surface area contributed by atoms with Crippen LogP contribution < -0.4 is 0 Å². The quantitative estimate of drug-likeness (QED) is 0.785. The highest BCUT2D eigenvalue weighted by molar-refractivity contribution is 7.09. The molecule has 1 atom stereocenters. The number of rotatable bonds is 3. The van der Waals surface area contributed by atoms with E-state index in [9.17, 15) is 4.79 Å². The van der Waals surface area contributed by atoms with E-state index in [4.69, 9.17) is 0 Å². The maximum Gasteiger partial charge on any atom is 0.138 e. The first-order valence-corrected chi connectivity index (χ1v) is 6.45. The van der Waals surface area contributed by atoms with Crippen molar-refractivity contribution < 1.29 is 4.79 Å². The number of ketones is 1. The predicted octanol–water partition coefficient (Wildman–Crippen LogP) is 2.55. The first kappa shape index (κ1) is 10.8. The summed E-state index contributed by atoms with van der Waals surface area (Å²) in [4.78, 5) is 15.4. The van der Waals surface area contributed by atoms with Crippen molar-refractivity contribution in [2.75, 3.05) is 13.1 Å². The zero-order valence-electron chi connectivity index (χ0n) is 9.11. The molecule has 3 heteroatoms. The zero-order valence-corrected chi connectivity index (χ0v) is 9.93. The summed E-state index contributed by atoms with van der Waals surface area (Å²) in [5.74, 6) is 0.735. The summed E-state index contributed by atoms with van der Waals surface area (Å²) >= 11 is 1.80. The minimum Gasteiger partial charge on any atom is -0.299 e. The van der Waals surface area contributed by atoms with Gasteiger partial charge in [-0.05, 0) is 17.9 Å². The van der Waals surface area contributed by atoms with Crippen LogP contribution in [0, 0.1) is 5.92 Å². The molecule has 1 aliphatic rings. The molecule has 2 rings (SSSR count). The van der Waals surface area contributed by atoms with Gasteiger partial charge in [-0.25, -0.2) is 0 Å². The Labute approximate surface area is 94.9 Å².